The molecule has 0 radical (unpaired) electrons. The van der Waals surface area contributed by atoms with Gasteiger partial charge in [0, 0.05) is 51.2 Å². The lowest BCUT2D eigenvalue weighted by Crippen LogP contribution is -2.24. The van der Waals surface area contributed by atoms with Crippen molar-refractivity contribution in [2.45, 2.75) is 218 Å². The predicted molar refractivity (Wildman–Crippen MR) is 284 cm³/mol. The van der Waals surface area contributed by atoms with Gasteiger partial charge in [-0.3, -0.25) is 0 Å². The molecular formula is C56H76N2S5. The lowest BCUT2D eigenvalue weighted by molar-refractivity contribution is 0.399. The molecule has 0 aliphatic heterocycles. The van der Waals surface area contributed by atoms with Crippen LogP contribution in [0.5, 0.6) is 0 Å². The van der Waals surface area contributed by atoms with Gasteiger partial charge in [0.15, 0.2) is 0 Å². The molecule has 340 valence electrons. The van der Waals surface area contributed by atoms with Gasteiger partial charge in [-0.1, -0.05) is 194 Å². The summed E-state index contributed by atoms with van der Waals surface area (Å²) >= 11 is 9.44. The fourth-order valence-corrected chi connectivity index (χ4v) is 17.0. The van der Waals surface area contributed by atoms with Crippen molar-refractivity contribution in [2.75, 3.05) is 0 Å². The molecule has 5 aromatic heterocycles. The lowest BCUT2D eigenvalue weighted by Gasteiger charge is -2.31. The van der Waals surface area contributed by atoms with Crippen molar-refractivity contribution in [3.63, 3.8) is 0 Å². The maximum Gasteiger partial charge on any atom is 0.114 e. The van der Waals surface area contributed by atoms with Gasteiger partial charge in [-0.2, -0.15) is 8.75 Å². The molecule has 63 heavy (non-hydrogen) atoms. The largest absolute Gasteiger partial charge is 0.172 e. The van der Waals surface area contributed by atoms with Crippen molar-refractivity contribution in [3.05, 3.63) is 69.4 Å². The number of nitrogens with zero attached hydrogens (tertiary/aromatic N) is 2. The molecule has 0 bridgehead atoms. The van der Waals surface area contributed by atoms with E-state index in [4.69, 9.17) is 8.75 Å². The minimum atomic E-state index is 0.143. The molecular weight excluding hydrogens is 861 g/mol. The molecule has 0 atom stereocenters. The molecule has 6 aromatic rings. The van der Waals surface area contributed by atoms with E-state index in [0.717, 1.165) is 11.0 Å². The molecule has 0 N–H and O–H groups in total. The summed E-state index contributed by atoms with van der Waals surface area (Å²) in [7, 11) is 0. The Bertz CT molecular complexity index is 2120. The number of aromatic nitrogens is 2. The Morgan fingerprint density at radius 3 is 1.06 bits per heavy atom. The van der Waals surface area contributed by atoms with Gasteiger partial charge in [0.05, 0.1) is 11.7 Å². The number of unbranched alkanes of at least 4 members (excludes halogenated alkanes) is 20. The van der Waals surface area contributed by atoms with Crippen LogP contribution in [0.15, 0.2) is 47.2 Å². The molecule has 7 heteroatoms. The summed E-state index contributed by atoms with van der Waals surface area (Å²) < 4.78 is 10.2. The van der Waals surface area contributed by atoms with Gasteiger partial charge in [-0.05, 0) is 83.0 Å². The van der Waals surface area contributed by atoms with Crippen LogP contribution < -0.4 is 0 Å². The van der Waals surface area contributed by atoms with Gasteiger partial charge in [-0.25, -0.2) is 0 Å². The van der Waals surface area contributed by atoms with E-state index >= 15 is 0 Å². The zero-order chi connectivity index (χ0) is 43.5. The van der Waals surface area contributed by atoms with Crippen LogP contribution in [0.4, 0.5) is 0 Å². The topological polar surface area (TPSA) is 25.8 Å². The van der Waals surface area contributed by atoms with E-state index in [1.54, 1.807) is 41.8 Å². The third kappa shape index (κ3) is 10.1. The van der Waals surface area contributed by atoms with Crippen LogP contribution >= 0.6 is 57.1 Å². The fourth-order valence-electron chi connectivity index (χ4n) is 11.5. The smallest absolute Gasteiger partial charge is 0.114 e. The summed E-state index contributed by atoms with van der Waals surface area (Å²) in [6, 6.07) is 15.1. The third-order valence-corrected chi connectivity index (χ3v) is 20.1. The first kappa shape index (κ1) is 47.3. The molecule has 1 aromatic carbocycles. The fraction of sp³-hybridized carbons (Fsp3) is 0.607. The van der Waals surface area contributed by atoms with Crippen LogP contribution in [0.3, 0.4) is 0 Å². The number of thiophene rings is 4. The van der Waals surface area contributed by atoms with Crippen LogP contribution in [0, 0.1) is 0 Å². The van der Waals surface area contributed by atoms with Crippen LogP contribution in [-0.2, 0) is 10.8 Å². The Hall–Kier alpha value is -2.16. The Morgan fingerprint density at radius 2 is 0.714 bits per heavy atom. The Balaban J connectivity index is 1.10. The molecule has 2 aliphatic carbocycles. The van der Waals surface area contributed by atoms with Gasteiger partial charge in [0.25, 0.3) is 0 Å². The molecule has 5 heterocycles. The van der Waals surface area contributed by atoms with Crippen molar-refractivity contribution in [3.8, 4) is 40.4 Å². The molecule has 0 amide bonds. The first-order valence-electron chi connectivity index (χ1n) is 25.8. The number of hydrogen-bond donors (Lipinski definition) is 0. The Kier molecular flexibility index (Phi) is 17.3. The first-order chi connectivity index (χ1) is 31.1. The summed E-state index contributed by atoms with van der Waals surface area (Å²) in [4.78, 5) is 8.95. The average Bonchev–Trinajstić information content (AvgIpc) is 4.16. The van der Waals surface area contributed by atoms with E-state index in [-0.39, 0.29) is 10.8 Å². The normalized spacial score (nSPS) is 14.5. The predicted octanol–water partition coefficient (Wildman–Crippen LogP) is 20.8. The highest BCUT2D eigenvalue weighted by atomic mass is 32.1. The van der Waals surface area contributed by atoms with E-state index in [0.29, 0.717) is 0 Å². The minimum absolute atomic E-state index is 0.143. The molecule has 0 spiro atoms. The molecule has 0 saturated heterocycles. The molecule has 0 saturated carbocycles. The summed E-state index contributed by atoms with van der Waals surface area (Å²) in [5, 5.41) is 4.77. The molecule has 2 nitrogen and oxygen atoms in total. The zero-order valence-electron chi connectivity index (χ0n) is 39.4. The molecule has 0 unspecified atom stereocenters. The maximum absolute atomic E-state index is 5.11. The summed E-state index contributed by atoms with van der Waals surface area (Å²) in [6.45, 7) is 9.32. The molecule has 2 aliphatic rings. The van der Waals surface area contributed by atoms with Crippen molar-refractivity contribution in [1.82, 2.24) is 8.75 Å². The number of fused-ring (bicyclic) bond motifs is 7. The van der Waals surface area contributed by atoms with Crippen molar-refractivity contribution in [2.24, 2.45) is 0 Å². The van der Waals surface area contributed by atoms with Crippen LogP contribution in [0.2, 0.25) is 0 Å². The van der Waals surface area contributed by atoms with Crippen LogP contribution in [0.1, 0.15) is 230 Å². The van der Waals surface area contributed by atoms with E-state index < -0.39 is 0 Å². The van der Waals surface area contributed by atoms with Crippen LogP contribution in [0.25, 0.3) is 51.4 Å². The summed E-state index contributed by atoms with van der Waals surface area (Å²) in [5.41, 5.74) is 11.6. The van der Waals surface area contributed by atoms with Gasteiger partial charge < -0.3 is 0 Å². The lowest BCUT2D eigenvalue weighted by atomic mass is 9.71. The van der Waals surface area contributed by atoms with E-state index in [1.807, 2.05) is 45.3 Å². The van der Waals surface area contributed by atoms with Crippen molar-refractivity contribution < 1.29 is 0 Å². The highest BCUT2D eigenvalue weighted by Gasteiger charge is 2.46. The van der Waals surface area contributed by atoms with E-state index in [2.05, 4.69) is 74.9 Å². The van der Waals surface area contributed by atoms with Gasteiger partial charge in [0.2, 0.25) is 0 Å². The van der Waals surface area contributed by atoms with E-state index in [1.165, 1.54) is 212 Å². The number of benzene rings is 1. The molecule has 0 fully saturated rings. The first-order valence-corrected chi connectivity index (χ1v) is 29.9. The van der Waals surface area contributed by atoms with Crippen LogP contribution in [-0.4, -0.2) is 8.75 Å². The average molecular weight is 938 g/mol. The summed E-state index contributed by atoms with van der Waals surface area (Å²) in [6.07, 6.45) is 37.6. The van der Waals surface area contributed by atoms with E-state index in [9.17, 15) is 0 Å². The highest BCUT2D eigenvalue weighted by Crippen LogP contribution is 2.62. The number of rotatable bonds is 30. The highest BCUT2D eigenvalue weighted by molar-refractivity contribution is 7.24. The Labute approximate surface area is 402 Å². The second-order valence-corrected chi connectivity index (χ2v) is 23.9. The minimum Gasteiger partial charge on any atom is -0.172 e. The number of hydrogen-bond acceptors (Lipinski definition) is 7. The standard InChI is InChI=1S/C56H76N2S5/c1-5-9-13-17-21-25-33-55(34-26-22-18-14-10-6-2)43-31-37-59-51(43)53-45(55)39-47(61-53)41-29-30-42(50-49(41)57-63-58-50)48-40-46-54(62-48)52-44(32-38-60-52)56(46,35-27-23-19-15-11-7-3)36-28-24-20-16-12-8-4/h29-32,37-40H,5-28,33-36H2,1-4H3. The second-order valence-electron chi connectivity index (χ2n) is 19.4. The van der Waals surface area contributed by atoms with Crippen molar-refractivity contribution >= 4 is 68.1 Å². The molecule has 8 rings (SSSR count). The third-order valence-electron chi connectivity index (χ3n) is 15.0. The monoisotopic (exact) mass is 936 g/mol. The second kappa shape index (κ2) is 23.0. The van der Waals surface area contributed by atoms with Gasteiger partial charge in [-0.15, -0.1) is 45.3 Å². The maximum atomic E-state index is 5.11. The SMILES string of the molecule is CCCCCCCCC1(CCCCCCCC)c2ccsc2-c2sc(-c3ccc(-c4cc5c(s4)-c4sccc4C5(CCCCCCCC)CCCCCCCC)c4nsnc34)cc21. The van der Waals surface area contributed by atoms with Gasteiger partial charge >= 0.3 is 0 Å². The van der Waals surface area contributed by atoms with Crippen molar-refractivity contribution in [1.29, 1.82) is 0 Å². The zero-order valence-corrected chi connectivity index (χ0v) is 43.4. The van der Waals surface area contributed by atoms with Gasteiger partial charge in [0.1, 0.15) is 11.0 Å². The quantitative estimate of drug-likeness (QED) is 0.0421. The summed E-state index contributed by atoms with van der Waals surface area (Å²) in [5.74, 6) is 0. The Morgan fingerprint density at radius 1 is 0.381 bits per heavy atom.